The van der Waals surface area contributed by atoms with Crippen LogP contribution in [0.4, 0.5) is 5.69 Å². The van der Waals surface area contributed by atoms with Gasteiger partial charge in [0.05, 0.1) is 18.1 Å². The highest BCUT2D eigenvalue weighted by Gasteiger charge is 1.99. The molecular formula is C11H11N3S. The molecule has 76 valence electrons. The zero-order valence-electron chi connectivity index (χ0n) is 8.34. The van der Waals surface area contributed by atoms with Crippen LogP contribution in [0.2, 0.25) is 0 Å². The number of hydrogen-bond acceptors (Lipinski definition) is 4. The number of benzene rings is 1. The van der Waals surface area contributed by atoms with Gasteiger partial charge in [0.1, 0.15) is 0 Å². The minimum absolute atomic E-state index is 0.586. The molecule has 4 heteroatoms. The van der Waals surface area contributed by atoms with Gasteiger partial charge in [-0.25, -0.2) is 9.97 Å². The molecule has 0 aliphatic heterocycles. The smallest absolute Gasteiger partial charge is 0.192 e. The van der Waals surface area contributed by atoms with Crippen LogP contribution in [0.1, 0.15) is 5.56 Å². The third kappa shape index (κ3) is 2.70. The number of aryl methyl sites for hydroxylation is 1. The van der Waals surface area contributed by atoms with Crippen LogP contribution in [0.5, 0.6) is 0 Å². The Labute approximate surface area is 92.8 Å². The normalized spacial score (nSPS) is 10.2. The quantitative estimate of drug-likeness (QED) is 0.785. The lowest BCUT2D eigenvalue weighted by molar-refractivity contribution is 0.971. The van der Waals surface area contributed by atoms with E-state index in [0.29, 0.717) is 10.8 Å². The molecule has 0 unspecified atom stereocenters. The second-order valence-electron chi connectivity index (χ2n) is 3.21. The molecule has 1 heterocycles. The summed E-state index contributed by atoms with van der Waals surface area (Å²) in [6.07, 6.45) is 3.23. The molecule has 0 fully saturated rings. The van der Waals surface area contributed by atoms with Gasteiger partial charge in [0.15, 0.2) is 5.16 Å². The number of rotatable bonds is 2. The zero-order chi connectivity index (χ0) is 10.7. The number of hydrogen-bond donors (Lipinski definition) is 1. The van der Waals surface area contributed by atoms with Crippen molar-refractivity contribution in [3.05, 3.63) is 42.2 Å². The van der Waals surface area contributed by atoms with Crippen molar-refractivity contribution in [3.8, 4) is 0 Å². The zero-order valence-corrected chi connectivity index (χ0v) is 9.16. The fourth-order valence-electron chi connectivity index (χ4n) is 1.09. The van der Waals surface area contributed by atoms with Crippen LogP contribution in [0.15, 0.2) is 46.7 Å². The van der Waals surface area contributed by atoms with Crippen molar-refractivity contribution in [2.45, 2.75) is 17.0 Å². The van der Waals surface area contributed by atoms with Gasteiger partial charge in [-0.05, 0) is 30.8 Å². The van der Waals surface area contributed by atoms with Crippen LogP contribution in [-0.2, 0) is 0 Å². The third-order valence-electron chi connectivity index (χ3n) is 1.88. The SMILES string of the molecule is Cc1ccc(Sc2ncc(N)cn2)cc1. The van der Waals surface area contributed by atoms with Crippen molar-refractivity contribution in [2.75, 3.05) is 5.73 Å². The molecule has 0 radical (unpaired) electrons. The van der Waals surface area contributed by atoms with Gasteiger partial charge in [-0.15, -0.1) is 0 Å². The maximum atomic E-state index is 5.51. The lowest BCUT2D eigenvalue weighted by Gasteiger charge is -2.00. The summed E-state index contributed by atoms with van der Waals surface area (Å²) in [5.41, 5.74) is 7.34. The predicted octanol–water partition coefficient (Wildman–Crippen LogP) is 2.52. The molecule has 3 nitrogen and oxygen atoms in total. The summed E-state index contributed by atoms with van der Waals surface area (Å²) < 4.78 is 0. The summed E-state index contributed by atoms with van der Waals surface area (Å²) in [6.45, 7) is 2.06. The fourth-order valence-corrected chi connectivity index (χ4v) is 1.78. The summed E-state index contributed by atoms with van der Waals surface area (Å²) in [6, 6.07) is 8.25. The molecule has 2 rings (SSSR count). The molecule has 0 spiro atoms. The Morgan fingerprint density at radius 3 is 2.27 bits per heavy atom. The fraction of sp³-hybridized carbons (Fsp3) is 0.0909. The molecule has 0 amide bonds. The minimum atomic E-state index is 0.586. The molecule has 2 aromatic rings. The van der Waals surface area contributed by atoms with Gasteiger partial charge < -0.3 is 5.73 Å². The van der Waals surface area contributed by atoms with E-state index in [1.807, 2.05) is 0 Å². The predicted molar refractivity (Wildman–Crippen MR) is 61.7 cm³/mol. The van der Waals surface area contributed by atoms with Crippen molar-refractivity contribution >= 4 is 17.4 Å². The first kappa shape index (κ1) is 9.98. The molecule has 2 N–H and O–H groups in total. The summed E-state index contributed by atoms with van der Waals surface area (Å²) in [5.74, 6) is 0. The molecule has 0 atom stereocenters. The average molecular weight is 217 g/mol. The number of nitrogens with zero attached hydrogens (tertiary/aromatic N) is 2. The first-order chi connectivity index (χ1) is 7.24. The maximum absolute atomic E-state index is 5.51. The van der Waals surface area contributed by atoms with Crippen molar-refractivity contribution in [1.29, 1.82) is 0 Å². The van der Waals surface area contributed by atoms with Crippen LogP contribution in [0.25, 0.3) is 0 Å². The van der Waals surface area contributed by atoms with Crippen molar-refractivity contribution in [2.24, 2.45) is 0 Å². The van der Waals surface area contributed by atoms with E-state index >= 15 is 0 Å². The lowest BCUT2D eigenvalue weighted by atomic mass is 10.2. The Bertz CT molecular complexity index is 393. The highest BCUT2D eigenvalue weighted by molar-refractivity contribution is 7.99. The number of aromatic nitrogens is 2. The van der Waals surface area contributed by atoms with E-state index in [-0.39, 0.29) is 0 Å². The third-order valence-corrected chi connectivity index (χ3v) is 2.78. The van der Waals surface area contributed by atoms with Crippen LogP contribution in [0, 0.1) is 6.92 Å². The van der Waals surface area contributed by atoms with Crippen molar-refractivity contribution < 1.29 is 0 Å². The van der Waals surface area contributed by atoms with E-state index < -0.39 is 0 Å². The van der Waals surface area contributed by atoms with Crippen LogP contribution in [-0.4, -0.2) is 9.97 Å². The van der Waals surface area contributed by atoms with E-state index in [0.717, 1.165) is 4.90 Å². The summed E-state index contributed by atoms with van der Waals surface area (Å²) in [5, 5.41) is 0.716. The first-order valence-electron chi connectivity index (χ1n) is 4.56. The van der Waals surface area contributed by atoms with Gasteiger partial charge in [0.25, 0.3) is 0 Å². The number of anilines is 1. The first-order valence-corrected chi connectivity index (χ1v) is 5.38. The summed E-state index contributed by atoms with van der Waals surface area (Å²) in [4.78, 5) is 9.38. The molecule has 15 heavy (non-hydrogen) atoms. The Hall–Kier alpha value is -1.55. The summed E-state index contributed by atoms with van der Waals surface area (Å²) in [7, 11) is 0. The molecule has 1 aromatic carbocycles. The van der Waals surface area contributed by atoms with Gasteiger partial charge in [0, 0.05) is 4.90 Å². The van der Waals surface area contributed by atoms with Crippen molar-refractivity contribution in [3.63, 3.8) is 0 Å². The Morgan fingerprint density at radius 1 is 1.07 bits per heavy atom. The van der Waals surface area contributed by atoms with E-state index in [1.165, 1.54) is 17.3 Å². The van der Waals surface area contributed by atoms with Crippen LogP contribution in [0.3, 0.4) is 0 Å². The van der Waals surface area contributed by atoms with Crippen molar-refractivity contribution in [1.82, 2.24) is 9.97 Å². The van der Waals surface area contributed by atoms with Gasteiger partial charge in [-0.1, -0.05) is 17.7 Å². The van der Waals surface area contributed by atoms with E-state index in [2.05, 4.69) is 41.2 Å². The van der Waals surface area contributed by atoms with Gasteiger partial charge in [0.2, 0.25) is 0 Å². The van der Waals surface area contributed by atoms with Gasteiger partial charge >= 0.3 is 0 Å². The van der Waals surface area contributed by atoms with Gasteiger partial charge in [-0.2, -0.15) is 0 Å². The van der Waals surface area contributed by atoms with Crippen LogP contribution >= 0.6 is 11.8 Å². The molecule has 0 aliphatic carbocycles. The number of nitrogen functional groups attached to an aromatic ring is 1. The standard InChI is InChI=1S/C11H11N3S/c1-8-2-4-10(5-3-8)15-11-13-6-9(12)7-14-11/h2-7H,12H2,1H3. The highest BCUT2D eigenvalue weighted by atomic mass is 32.2. The average Bonchev–Trinajstić information content (AvgIpc) is 2.25. The maximum Gasteiger partial charge on any atom is 0.192 e. The highest BCUT2D eigenvalue weighted by Crippen LogP contribution is 2.24. The van der Waals surface area contributed by atoms with E-state index in [4.69, 9.17) is 5.73 Å². The second kappa shape index (κ2) is 4.31. The second-order valence-corrected chi connectivity index (χ2v) is 4.25. The Morgan fingerprint density at radius 2 is 1.67 bits per heavy atom. The molecule has 0 aliphatic rings. The lowest BCUT2D eigenvalue weighted by Crippen LogP contribution is -1.90. The monoisotopic (exact) mass is 217 g/mol. The summed E-state index contributed by atoms with van der Waals surface area (Å²) >= 11 is 1.53. The van der Waals surface area contributed by atoms with E-state index in [1.54, 1.807) is 12.4 Å². The molecule has 0 saturated carbocycles. The Kier molecular flexibility index (Phi) is 2.87. The molecule has 0 saturated heterocycles. The topological polar surface area (TPSA) is 51.8 Å². The largest absolute Gasteiger partial charge is 0.396 e. The van der Waals surface area contributed by atoms with Gasteiger partial charge in [-0.3, -0.25) is 0 Å². The Balaban J connectivity index is 2.15. The molecular weight excluding hydrogens is 206 g/mol. The minimum Gasteiger partial charge on any atom is -0.396 e. The van der Waals surface area contributed by atoms with Crippen LogP contribution < -0.4 is 5.73 Å². The van der Waals surface area contributed by atoms with E-state index in [9.17, 15) is 0 Å². The number of nitrogens with two attached hydrogens (primary N) is 1. The molecule has 0 bridgehead atoms. The molecule has 1 aromatic heterocycles.